The zero-order valence-corrected chi connectivity index (χ0v) is 34.4. The molecule has 57 heavy (non-hydrogen) atoms. The number of pyridine rings is 2. The molecular weight excluding hydrogens is 733 g/mol. The molecule has 13 nitrogen and oxygen atoms in total. The Morgan fingerprint density at radius 1 is 0.807 bits per heavy atom. The summed E-state index contributed by atoms with van der Waals surface area (Å²) >= 11 is 0. The van der Waals surface area contributed by atoms with E-state index in [2.05, 4.69) is 20.6 Å². The van der Waals surface area contributed by atoms with E-state index in [0.29, 0.717) is 18.6 Å². The minimum absolute atomic E-state index is 0.0133. The Hall–Kier alpha value is -5.63. The fourth-order valence-corrected chi connectivity index (χ4v) is 6.29. The monoisotopic (exact) mass is 785 g/mol. The van der Waals surface area contributed by atoms with E-state index in [1.54, 1.807) is 75.3 Å². The number of halogens is 1. The molecule has 3 atom stereocenters. The second kappa shape index (κ2) is 16.5. The van der Waals surface area contributed by atoms with Crippen molar-refractivity contribution >= 4 is 52.2 Å². The molecule has 0 aliphatic heterocycles. The van der Waals surface area contributed by atoms with Crippen LogP contribution in [0.15, 0.2) is 61.1 Å². The first-order chi connectivity index (χ1) is 26.5. The van der Waals surface area contributed by atoms with E-state index < -0.39 is 40.9 Å². The average Bonchev–Trinajstić information content (AvgIpc) is 3.73. The molecule has 1 fully saturated rings. The Labute approximate surface area is 332 Å². The number of amides is 4. The molecule has 4 amide bonds. The van der Waals surface area contributed by atoms with Gasteiger partial charge in [-0.05, 0) is 110 Å². The third-order valence-corrected chi connectivity index (χ3v) is 9.00. The van der Waals surface area contributed by atoms with Gasteiger partial charge in [-0.2, -0.15) is 4.90 Å². The van der Waals surface area contributed by atoms with E-state index in [1.165, 1.54) is 24.7 Å². The van der Waals surface area contributed by atoms with Crippen LogP contribution in [0.4, 0.5) is 36.0 Å². The molecule has 3 unspecified atom stereocenters. The zero-order chi connectivity index (χ0) is 42.0. The molecule has 2 aromatic heterocycles. The Bertz CT molecular complexity index is 2130. The van der Waals surface area contributed by atoms with Gasteiger partial charge in [-0.15, -0.1) is 0 Å². The molecule has 1 aliphatic rings. The fourth-order valence-electron chi connectivity index (χ4n) is 6.29. The third kappa shape index (κ3) is 10.8. The summed E-state index contributed by atoms with van der Waals surface area (Å²) in [5.41, 5.74) is -1.63. The molecular formula is C43H52FN5O8. The van der Waals surface area contributed by atoms with Crippen molar-refractivity contribution in [2.24, 2.45) is 17.8 Å². The van der Waals surface area contributed by atoms with Gasteiger partial charge in [0, 0.05) is 34.8 Å². The summed E-state index contributed by atoms with van der Waals surface area (Å²) in [5.74, 6) is -1.05. The van der Waals surface area contributed by atoms with Crippen molar-refractivity contribution < 1.29 is 42.5 Å². The number of hydrogen-bond acceptors (Lipinski definition) is 10. The second-order valence-corrected chi connectivity index (χ2v) is 17.2. The van der Waals surface area contributed by atoms with E-state index in [9.17, 15) is 19.2 Å². The van der Waals surface area contributed by atoms with E-state index >= 15 is 4.39 Å². The standard InChI is InChI=1S/C43H52FN5O8/c1-24-29(19-45-21-32(24)49(39(52)56-42(6,7)8)40(53)57-43(9,10)11)28-17-27-18-33(46-20-30(27)36(35(28)44)48-38(51)55-41(3,4)5)47-37(50)34-25(2)31(34)23-54-22-26-15-13-12-14-16-26/h12-21,25,31,34H,22-23H2,1-11H3,(H,48,51)(H,46,47,50). The number of imide groups is 1. The maximum absolute atomic E-state index is 16.9. The van der Waals surface area contributed by atoms with Crippen LogP contribution in [0.25, 0.3) is 21.9 Å². The van der Waals surface area contributed by atoms with Gasteiger partial charge in [0.1, 0.15) is 22.6 Å². The molecule has 5 rings (SSSR count). The number of rotatable bonds is 9. The van der Waals surface area contributed by atoms with Crippen LogP contribution in [-0.2, 0) is 30.3 Å². The Morgan fingerprint density at radius 2 is 1.42 bits per heavy atom. The lowest BCUT2D eigenvalue weighted by molar-refractivity contribution is -0.118. The fraction of sp³-hybridized carbons (Fsp3) is 0.442. The van der Waals surface area contributed by atoms with Gasteiger partial charge in [-0.25, -0.2) is 23.8 Å². The van der Waals surface area contributed by atoms with E-state index in [-0.39, 0.29) is 62.9 Å². The molecule has 1 aliphatic carbocycles. The summed E-state index contributed by atoms with van der Waals surface area (Å²) in [6, 6.07) is 12.9. The number of nitrogens with zero attached hydrogens (tertiary/aromatic N) is 3. The number of hydrogen-bond donors (Lipinski definition) is 2. The van der Waals surface area contributed by atoms with Crippen molar-refractivity contribution in [3.05, 3.63) is 78.0 Å². The van der Waals surface area contributed by atoms with Gasteiger partial charge >= 0.3 is 18.3 Å². The molecule has 0 spiro atoms. The highest BCUT2D eigenvalue weighted by atomic mass is 19.1. The maximum Gasteiger partial charge on any atom is 0.424 e. The number of anilines is 3. The van der Waals surface area contributed by atoms with Crippen LogP contribution < -0.4 is 15.5 Å². The number of benzene rings is 2. The van der Waals surface area contributed by atoms with Crippen molar-refractivity contribution in [1.82, 2.24) is 9.97 Å². The smallest absolute Gasteiger partial charge is 0.424 e. The van der Waals surface area contributed by atoms with E-state index in [4.69, 9.17) is 18.9 Å². The first-order valence-electron chi connectivity index (χ1n) is 18.8. The van der Waals surface area contributed by atoms with Crippen LogP contribution >= 0.6 is 0 Å². The lowest BCUT2D eigenvalue weighted by Crippen LogP contribution is -2.44. The van der Waals surface area contributed by atoms with Gasteiger partial charge in [0.2, 0.25) is 5.91 Å². The normalized spacial score (nSPS) is 16.7. The molecule has 1 saturated carbocycles. The highest BCUT2D eigenvalue weighted by molar-refractivity contribution is 6.11. The molecule has 0 radical (unpaired) electrons. The second-order valence-electron chi connectivity index (χ2n) is 17.2. The summed E-state index contributed by atoms with van der Waals surface area (Å²) in [5, 5.41) is 6.05. The number of fused-ring (bicyclic) bond motifs is 1. The van der Waals surface area contributed by atoms with Gasteiger partial charge in [-0.3, -0.25) is 15.1 Å². The summed E-state index contributed by atoms with van der Waals surface area (Å²) in [7, 11) is 0. The van der Waals surface area contributed by atoms with Crippen LogP contribution in [0.1, 0.15) is 80.4 Å². The number of carbonyl (C=O) groups is 4. The first-order valence-corrected chi connectivity index (χ1v) is 18.8. The summed E-state index contributed by atoms with van der Waals surface area (Å²) in [6.07, 6.45) is 1.06. The minimum atomic E-state index is -1.02. The number of ether oxygens (including phenoxy) is 4. The zero-order valence-electron chi connectivity index (χ0n) is 34.4. The van der Waals surface area contributed by atoms with Crippen molar-refractivity contribution in [1.29, 1.82) is 0 Å². The van der Waals surface area contributed by atoms with Gasteiger partial charge < -0.3 is 24.3 Å². The van der Waals surface area contributed by atoms with E-state index in [1.807, 2.05) is 37.3 Å². The molecule has 0 bridgehead atoms. The van der Waals surface area contributed by atoms with Gasteiger partial charge in [0.25, 0.3) is 0 Å². The summed E-state index contributed by atoms with van der Waals surface area (Å²) in [6.45, 7) is 19.4. The van der Waals surface area contributed by atoms with Crippen molar-refractivity contribution in [2.75, 3.05) is 22.1 Å². The first kappa shape index (κ1) is 42.5. The quantitative estimate of drug-likeness (QED) is 0.157. The molecule has 4 aromatic rings. The van der Waals surface area contributed by atoms with Gasteiger partial charge in [-0.1, -0.05) is 37.3 Å². The average molecular weight is 786 g/mol. The molecule has 2 aromatic carbocycles. The Kier molecular flexibility index (Phi) is 12.3. The van der Waals surface area contributed by atoms with Crippen LogP contribution in [-0.4, -0.2) is 57.6 Å². The number of aromatic nitrogens is 2. The predicted molar refractivity (Wildman–Crippen MR) is 215 cm³/mol. The van der Waals surface area contributed by atoms with Crippen LogP contribution in [0, 0.1) is 30.5 Å². The Morgan fingerprint density at radius 3 is 2.02 bits per heavy atom. The largest absolute Gasteiger partial charge is 0.444 e. The van der Waals surface area contributed by atoms with Crippen molar-refractivity contribution in [3.8, 4) is 11.1 Å². The lowest BCUT2D eigenvalue weighted by Gasteiger charge is -2.29. The summed E-state index contributed by atoms with van der Waals surface area (Å²) < 4.78 is 39.4. The number of carbonyl (C=O) groups excluding carboxylic acids is 4. The van der Waals surface area contributed by atoms with E-state index in [0.717, 1.165) is 10.5 Å². The predicted octanol–water partition coefficient (Wildman–Crippen LogP) is 9.81. The lowest BCUT2D eigenvalue weighted by atomic mass is 9.97. The molecule has 14 heteroatoms. The molecule has 304 valence electrons. The highest BCUT2D eigenvalue weighted by Crippen LogP contribution is 2.47. The molecule has 2 N–H and O–H groups in total. The SMILES string of the molecule is Cc1c(-c2cc3cc(NC(=O)C4C(C)C4COCc4ccccc4)ncc3c(NC(=O)OC(C)(C)C)c2F)cncc1N(C(=O)OC(C)(C)C)C(=O)OC(C)(C)C. The minimum Gasteiger partial charge on any atom is -0.444 e. The number of nitrogens with one attached hydrogen (secondary N) is 2. The maximum atomic E-state index is 16.9. The molecule has 2 heterocycles. The van der Waals surface area contributed by atoms with Crippen LogP contribution in [0.5, 0.6) is 0 Å². The van der Waals surface area contributed by atoms with Crippen molar-refractivity contribution in [2.45, 2.75) is 99.6 Å². The van der Waals surface area contributed by atoms with Gasteiger partial charge in [0.05, 0.1) is 30.8 Å². The molecule has 0 saturated heterocycles. The third-order valence-electron chi connectivity index (χ3n) is 9.00. The van der Waals surface area contributed by atoms with Crippen molar-refractivity contribution in [3.63, 3.8) is 0 Å². The van der Waals surface area contributed by atoms with Gasteiger partial charge in [0.15, 0.2) is 5.82 Å². The van der Waals surface area contributed by atoms with Crippen LogP contribution in [0.2, 0.25) is 0 Å². The summed E-state index contributed by atoms with van der Waals surface area (Å²) in [4.78, 5) is 63.0. The topological polar surface area (TPSA) is 158 Å². The van der Waals surface area contributed by atoms with Crippen LogP contribution in [0.3, 0.4) is 0 Å². The highest BCUT2D eigenvalue weighted by Gasteiger charge is 2.51. The Balaban J connectivity index is 1.52.